The number of carbonyl (C=O) groups is 1. The van der Waals surface area contributed by atoms with Gasteiger partial charge in [-0.15, -0.1) is 0 Å². The molecule has 0 saturated carbocycles. The van der Waals surface area contributed by atoms with E-state index < -0.39 is 6.09 Å². The molecule has 2 atom stereocenters. The molecule has 104 valence electrons. The average molecular weight is 261 g/mol. The van der Waals surface area contributed by atoms with Crippen molar-refractivity contribution in [2.24, 2.45) is 5.41 Å². The topological polar surface area (TPSA) is 40.5 Å². The number of nitrogens with zero attached hydrogens (tertiary/aromatic N) is 1. The van der Waals surface area contributed by atoms with Gasteiger partial charge in [-0.3, -0.25) is 0 Å². The van der Waals surface area contributed by atoms with Crippen molar-refractivity contribution in [2.75, 3.05) is 6.54 Å². The van der Waals surface area contributed by atoms with Gasteiger partial charge in [-0.05, 0) is 29.7 Å². The number of amides is 1. The molecule has 1 amide bonds. The molecule has 2 rings (SSSR count). The summed E-state index contributed by atoms with van der Waals surface area (Å²) in [6.07, 6.45) is 1.05. The molecule has 1 aliphatic heterocycles. The number of benzene rings is 1. The zero-order valence-electron chi connectivity index (χ0n) is 12.0. The van der Waals surface area contributed by atoms with E-state index in [9.17, 15) is 9.90 Å². The van der Waals surface area contributed by atoms with Crippen LogP contribution in [0.2, 0.25) is 0 Å². The fourth-order valence-corrected chi connectivity index (χ4v) is 3.04. The summed E-state index contributed by atoms with van der Waals surface area (Å²) >= 11 is 0. The Morgan fingerprint density at radius 3 is 2.42 bits per heavy atom. The molecule has 0 radical (unpaired) electrons. The molecule has 0 aromatic heterocycles. The molecule has 1 saturated heterocycles. The quantitative estimate of drug-likeness (QED) is 0.831. The highest BCUT2D eigenvalue weighted by Gasteiger charge is 2.38. The zero-order valence-corrected chi connectivity index (χ0v) is 12.0. The lowest BCUT2D eigenvalue weighted by Crippen LogP contribution is -2.51. The molecule has 1 N–H and O–H groups in total. The van der Waals surface area contributed by atoms with Gasteiger partial charge in [0.2, 0.25) is 0 Å². The maximum Gasteiger partial charge on any atom is 0.407 e. The highest BCUT2D eigenvalue weighted by Crippen LogP contribution is 2.38. The predicted octanol–water partition coefficient (Wildman–Crippen LogP) is 3.96. The third-order valence-electron chi connectivity index (χ3n) is 4.12. The monoisotopic (exact) mass is 261 g/mol. The van der Waals surface area contributed by atoms with Crippen molar-refractivity contribution in [2.45, 2.75) is 45.6 Å². The molecule has 19 heavy (non-hydrogen) atoms. The van der Waals surface area contributed by atoms with E-state index in [4.69, 9.17) is 0 Å². The number of carboxylic acid groups (broad SMARTS) is 1. The van der Waals surface area contributed by atoms with E-state index in [1.807, 2.05) is 6.07 Å². The molecular weight excluding hydrogens is 238 g/mol. The lowest BCUT2D eigenvalue weighted by atomic mass is 9.75. The smallest absolute Gasteiger partial charge is 0.407 e. The first-order chi connectivity index (χ1) is 8.89. The third-order valence-corrected chi connectivity index (χ3v) is 4.12. The molecule has 3 heteroatoms. The van der Waals surface area contributed by atoms with E-state index in [0.717, 1.165) is 12.8 Å². The summed E-state index contributed by atoms with van der Waals surface area (Å²) in [7, 11) is 0. The van der Waals surface area contributed by atoms with E-state index in [1.165, 1.54) is 5.56 Å². The van der Waals surface area contributed by atoms with E-state index in [0.29, 0.717) is 12.5 Å². The Balaban J connectivity index is 2.20. The Labute approximate surface area is 115 Å². The Morgan fingerprint density at radius 2 is 1.89 bits per heavy atom. The molecule has 1 heterocycles. The molecule has 1 aromatic rings. The summed E-state index contributed by atoms with van der Waals surface area (Å²) < 4.78 is 0. The zero-order chi connectivity index (χ0) is 14.0. The minimum atomic E-state index is -0.786. The summed E-state index contributed by atoms with van der Waals surface area (Å²) in [5, 5.41) is 9.35. The lowest BCUT2D eigenvalue weighted by Gasteiger charge is -2.44. The lowest BCUT2D eigenvalue weighted by molar-refractivity contribution is 0.0526. The summed E-state index contributed by atoms with van der Waals surface area (Å²) in [5.41, 5.74) is 1.31. The van der Waals surface area contributed by atoms with Crippen molar-refractivity contribution in [3.63, 3.8) is 0 Å². The van der Waals surface area contributed by atoms with Crippen LogP contribution in [0.3, 0.4) is 0 Å². The number of likely N-dealkylation sites (tertiary alicyclic amines) is 1. The van der Waals surface area contributed by atoms with Crippen molar-refractivity contribution in [3.8, 4) is 0 Å². The maximum absolute atomic E-state index is 11.4. The van der Waals surface area contributed by atoms with Gasteiger partial charge in [0.15, 0.2) is 0 Å². The first-order valence-corrected chi connectivity index (χ1v) is 6.94. The van der Waals surface area contributed by atoms with Gasteiger partial charge in [0.1, 0.15) is 0 Å². The highest BCUT2D eigenvalue weighted by molar-refractivity contribution is 5.65. The molecule has 0 spiro atoms. The molecule has 0 aliphatic carbocycles. The van der Waals surface area contributed by atoms with Crippen LogP contribution in [0.4, 0.5) is 4.79 Å². The van der Waals surface area contributed by atoms with Crippen LogP contribution in [-0.2, 0) is 0 Å². The van der Waals surface area contributed by atoms with Crippen molar-refractivity contribution in [3.05, 3.63) is 35.9 Å². The van der Waals surface area contributed by atoms with Gasteiger partial charge < -0.3 is 10.0 Å². The molecule has 0 bridgehead atoms. The van der Waals surface area contributed by atoms with Gasteiger partial charge in [-0.1, -0.05) is 51.1 Å². The van der Waals surface area contributed by atoms with Crippen LogP contribution < -0.4 is 0 Å². The Bertz CT molecular complexity index is 436. The molecule has 3 nitrogen and oxygen atoms in total. The Morgan fingerprint density at radius 1 is 1.26 bits per heavy atom. The predicted molar refractivity (Wildman–Crippen MR) is 76.4 cm³/mol. The molecule has 1 fully saturated rings. The maximum atomic E-state index is 11.4. The number of rotatable bonds is 1. The molecule has 2 unspecified atom stereocenters. The second-order valence-corrected chi connectivity index (χ2v) is 6.49. The fraction of sp³-hybridized carbons (Fsp3) is 0.562. The summed E-state index contributed by atoms with van der Waals surface area (Å²) in [6.45, 7) is 7.01. The van der Waals surface area contributed by atoms with Crippen molar-refractivity contribution >= 4 is 6.09 Å². The van der Waals surface area contributed by atoms with Crippen molar-refractivity contribution < 1.29 is 9.90 Å². The second kappa shape index (κ2) is 5.24. The van der Waals surface area contributed by atoms with E-state index in [1.54, 1.807) is 4.90 Å². The molecule has 1 aliphatic rings. The van der Waals surface area contributed by atoms with Crippen molar-refractivity contribution in [1.82, 2.24) is 4.90 Å². The average Bonchev–Trinajstić information content (AvgIpc) is 2.38. The summed E-state index contributed by atoms with van der Waals surface area (Å²) in [4.78, 5) is 13.0. The Kier molecular flexibility index (Phi) is 3.83. The first-order valence-electron chi connectivity index (χ1n) is 6.94. The number of hydrogen-bond acceptors (Lipinski definition) is 1. The van der Waals surface area contributed by atoms with E-state index >= 15 is 0 Å². The van der Waals surface area contributed by atoms with Crippen LogP contribution in [0, 0.1) is 5.41 Å². The van der Waals surface area contributed by atoms with Gasteiger partial charge in [0.25, 0.3) is 0 Å². The van der Waals surface area contributed by atoms with Gasteiger partial charge in [-0.2, -0.15) is 0 Å². The normalized spacial score (nSPS) is 24.3. The van der Waals surface area contributed by atoms with Gasteiger partial charge in [0.05, 0.1) is 0 Å². The highest BCUT2D eigenvalue weighted by atomic mass is 16.4. The minimum absolute atomic E-state index is 0.0220. The molecular formula is C16H23NO2. The van der Waals surface area contributed by atoms with Gasteiger partial charge >= 0.3 is 6.09 Å². The van der Waals surface area contributed by atoms with Crippen LogP contribution in [0.15, 0.2) is 30.3 Å². The van der Waals surface area contributed by atoms with Crippen LogP contribution in [0.5, 0.6) is 0 Å². The van der Waals surface area contributed by atoms with Gasteiger partial charge in [-0.25, -0.2) is 4.79 Å². The number of piperidine rings is 1. The van der Waals surface area contributed by atoms with Crippen LogP contribution >= 0.6 is 0 Å². The second-order valence-electron chi connectivity index (χ2n) is 6.49. The fourth-order valence-electron chi connectivity index (χ4n) is 3.04. The van der Waals surface area contributed by atoms with E-state index in [-0.39, 0.29) is 11.5 Å². The largest absolute Gasteiger partial charge is 0.465 e. The summed E-state index contributed by atoms with van der Waals surface area (Å²) in [5.74, 6) is 0.473. The third kappa shape index (κ3) is 3.09. The Hall–Kier alpha value is -1.51. The SMILES string of the molecule is CC(C)(C)C1CC(c2ccccc2)CCN1C(=O)O. The standard InChI is InChI=1S/C16H23NO2/c1-16(2,3)14-11-13(9-10-17(14)15(18)19)12-7-5-4-6-8-12/h4-8,13-14H,9-11H2,1-3H3,(H,18,19). The van der Waals surface area contributed by atoms with Crippen molar-refractivity contribution in [1.29, 1.82) is 0 Å². The van der Waals surface area contributed by atoms with Crippen LogP contribution in [0.1, 0.15) is 45.1 Å². The van der Waals surface area contributed by atoms with Crippen LogP contribution in [-0.4, -0.2) is 28.7 Å². The molecule has 1 aromatic carbocycles. The first kappa shape index (κ1) is 13.9. The number of hydrogen-bond donors (Lipinski definition) is 1. The van der Waals surface area contributed by atoms with Crippen LogP contribution in [0.25, 0.3) is 0 Å². The summed E-state index contributed by atoms with van der Waals surface area (Å²) in [6, 6.07) is 10.5. The minimum Gasteiger partial charge on any atom is -0.465 e. The van der Waals surface area contributed by atoms with Gasteiger partial charge in [0, 0.05) is 12.6 Å². The van der Waals surface area contributed by atoms with E-state index in [2.05, 4.69) is 45.0 Å².